The van der Waals surface area contributed by atoms with E-state index in [4.69, 9.17) is 5.73 Å². The lowest BCUT2D eigenvalue weighted by atomic mass is 9.97. The zero-order valence-electron chi connectivity index (χ0n) is 23.8. The van der Waals surface area contributed by atoms with E-state index in [-0.39, 0.29) is 24.2 Å². The summed E-state index contributed by atoms with van der Waals surface area (Å²) in [7, 11) is 0. The fourth-order valence-electron chi connectivity index (χ4n) is 3.91. The standard InChI is InChI=1S/C27H43N5O9/c1-5-14(3)21(25(38)29-18(6-2)27(40)41)31-26(39)22(15(4)33)32-24(37)19(9-7-8-12-28)30-23(36)17-13-16(34)10-11-20(17)35/h10-11,13-15,18-19,21-22,33-35H,5-9,12,28H2,1-4H3,(H,29,38)(H,30,36)(H,31,39)(H,32,37)(H,40,41)/t14-,15+,18-,19-,21-,22-/m0/s1. The minimum atomic E-state index is -1.54. The predicted molar refractivity (Wildman–Crippen MR) is 149 cm³/mol. The molecule has 0 spiro atoms. The summed E-state index contributed by atoms with van der Waals surface area (Å²) < 4.78 is 0. The molecule has 6 atom stereocenters. The first-order chi connectivity index (χ1) is 19.3. The van der Waals surface area contributed by atoms with E-state index in [9.17, 15) is 44.4 Å². The van der Waals surface area contributed by atoms with E-state index >= 15 is 0 Å². The molecule has 1 aromatic rings. The third-order valence-corrected chi connectivity index (χ3v) is 6.67. The van der Waals surface area contributed by atoms with Gasteiger partial charge in [-0.1, -0.05) is 27.2 Å². The summed E-state index contributed by atoms with van der Waals surface area (Å²) in [5.74, 6) is -5.66. The number of benzene rings is 1. The molecule has 14 heteroatoms. The van der Waals surface area contributed by atoms with Gasteiger partial charge < -0.3 is 47.4 Å². The Labute approximate surface area is 239 Å². The SMILES string of the molecule is CC[C@H](NC(=O)[C@@H](NC(=O)[C@@H](NC(=O)[C@H](CCCCN)NC(=O)c1cc(O)ccc1O)[C@@H](C)O)[C@@H](C)CC)C(=O)O. The molecule has 1 aromatic carbocycles. The maximum Gasteiger partial charge on any atom is 0.326 e. The highest BCUT2D eigenvalue weighted by molar-refractivity contribution is 6.00. The highest BCUT2D eigenvalue weighted by Crippen LogP contribution is 2.22. The maximum atomic E-state index is 13.2. The highest BCUT2D eigenvalue weighted by Gasteiger charge is 2.35. The Morgan fingerprint density at radius 2 is 1.44 bits per heavy atom. The van der Waals surface area contributed by atoms with Crippen molar-refractivity contribution in [2.24, 2.45) is 11.7 Å². The van der Waals surface area contributed by atoms with E-state index < -0.39 is 71.5 Å². The summed E-state index contributed by atoms with van der Waals surface area (Å²) in [6.07, 6.45) is 0.200. The van der Waals surface area contributed by atoms with Gasteiger partial charge in [0.1, 0.15) is 35.7 Å². The molecule has 0 saturated heterocycles. The van der Waals surface area contributed by atoms with Crippen molar-refractivity contribution in [1.29, 1.82) is 0 Å². The molecule has 0 heterocycles. The van der Waals surface area contributed by atoms with Crippen molar-refractivity contribution in [3.63, 3.8) is 0 Å². The molecule has 0 bridgehead atoms. The molecule has 0 aliphatic heterocycles. The van der Waals surface area contributed by atoms with Crippen molar-refractivity contribution in [3.05, 3.63) is 23.8 Å². The van der Waals surface area contributed by atoms with Crippen LogP contribution in [0.1, 0.15) is 70.2 Å². The average molecular weight is 582 g/mol. The maximum absolute atomic E-state index is 13.2. The molecular formula is C27H43N5O9. The highest BCUT2D eigenvalue weighted by atomic mass is 16.4. The van der Waals surface area contributed by atoms with Gasteiger partial charge in [-0.05, 0) is 63.3 Å². The van der Waals surface area contributed by atoms with Crippen molar-refractivity contribution in [2.45, 2.75) is 90.1 Å². The average Bonchev–Trinajstić information content (AvgIpc) is 2.92. The van der Waals surface area contributed by atoms with Crippen LogP contribution in [0.5, 0.6) is 11.5 Å². The summed E-state index contributed by atoms with van der Waals surface area (Å²) in [5.41, 5.74) is 5.26. The van der Waals surface area contributed by atoms with Gasteiger partial charge in [-0.25, -0.2) is 4.79 Å². The molecule has 41 heavy (non-hydrogen) atoms. The van der Waals surface area contributed by atoms with Crippen molar-refractivity contribution in [2.75, 3.05) is 6.54 Å². The first kappa shape index (κ1) is 35.1. The molecule has 10 N–H and O–H groups in total. The number of carbonyl (C=O) groups is 5. The molecular weight excluding hydrogens is 538 g/mol. The molecule has 14 nitrogen and oxygen atoms in total. The number of rotatable bonds is 17. The lowest BCUT2D eigenvalue weighted by molar-refractivity contribution is -0.142. The number of hydrogen-bond donors (Lipinski definition) is 9. The summed E-state index contributed by atoms with van der Waals surface area (Å²) in [4.78, 5) is 63.5. The van der Waals surface area contributed by atoms with Gasteiger partial charge in [-0.3, -0.25) is 19.2 Å². The number of aliphatic carboxylic acids is 1. The number of aliphatic hydroxyl groups excluding tert-OH is 1. The van der Waals surface area contributed by atoms with Crippen molar-refractivity contribution < 1.29 is 44.4 Å². The molecule has 0 radical (unpaired) electrons. The number of aromatic hydroxyl groups is 2. The second-order valence-corrected chi connectivity index (χ2v) is 9.92. The molecule has 4 amide bonds. The molecule has 1 rings (SSSR count). The van der Waals surface area contributed by atoms with Gasteiger partial charge in [0.2, 0.25) is 17.7 Å². The van der Waals surface area contributed by atoms with Gasteiger partial charge in [0.05, 0.1) is 11.7 Å². The van der Waals surface area contributed by atoms with E-state index in [1.807, 2.05) is 0 Å². The Bertz CT molecular complexity index is 1070. The quantitative estimate of drug-likeness (QED) is 0.0859. The van der Waals surface area contributed by atoms with Crippen LogP contribution in [-0.2, 0) is 19.2 Å². The zero-order chi connectivity index (χ0) is 31.3. The lowest BCUT2D eigenvalue weighted by Crippen LogP contribution is -2.61. The third kappa shape index (κ3) is 10.9. The second-order valence-electron chi connectivity index (χ2n) is 9.92. The summed E-state index contributed by atoms with van der Waals surface area (Å²) >= 11 is 0. The third-order valence-electron chi connectivity index (χ3n) is 6.67. The van der Waals surface area contributed by atoms with Gasteiger partial charge in [-0.15, -0.1) is 0 Å². The number of carboxylic acid groups (broad SMARTS) is 1. The van der Waals surface area contributed by atoms with Crippen LogP contribution in [0.4, 0.5) is 0 Å². The van der Waals surface area contributed by atoms with E-state index in [2.05, 4.69) is 21.3 Å². The van der Waals surface area contributed by atoms with Crippen LogP contribution >= 0.6 is 0 Å². The Kier molecular flexibility index (Phi) is 14.6. The fourth-order valence-corrected chi connectivity index (χ4v) is 3.91. The first-order valence-electron chi connectivity index (χ1n) is 13.6. The number of nitrogens with one attached hydrogen (secondary N) is 4. The van der Waals surface area contributed by atoms with Crippen LogP contribution in [-0.4, -0.2) is 86.8 Å². The largest absolute Gasteiger partial charge is 0.508 e. The second kappa shape index (κ2) is 17.0. The van der Waals surface area contributed by atoms with Gasteiger partial charge in [0, 0.05) is 0 Å². The minimum absolute atomic E-state index is 0.105. The van der Waals surface area contributed by atoms with E-state index in [0.29, 0.717) is 25.8 Å². The Hall–Kier alpha value is -3.91. The van der Waals surface area contributed by atoms with Crippen molar-refractivity contribution in [3.8, 4) is 11.5 Å². The van der Waals surface area contributed by atoms with E-state index in [1.165, 1.54) is 13.0 Å². The normalized spacial score (nSPS) is 15.4. The van der Waals surface area contributed by atoms with Crippen LogP contribution in [0.25, 0.3) is 0 Å². The smallest absolute Gasteiger partial charge is 0.326 e. The van der Waals surface area contributed by atoms with Crippen LogP contribution in [0.2, 0.25) is 0 Å². The topological polar surface area (TPSA) is 240 Å². The molecule has 0 unspecified atom stereocenters. The number of carboxylic acids is 1. The van der Waals surface area contributed by atoms with Gasteiger partial charge in [-0.2, -0.15) is 0 Å². The lowest BCUT2D eigenvalue weighted by Gasteiger charge is -2.29. The van der Waals surface area contributed by atoms with Gasteiger partial charge in [0.15, 0.2) is 0 Å². The molecule has 0 aromatic heterocycles. The minimum Gasteiger partial charge on any atom is -0.508 e. The van der Waals surface area contributed by atoms with Gasteiger partial charge >= 0.3 is 5.97 Å². The first-order valence-corrected chi connectivity index (χ1v) is 13.6. The van der Waals surface area contributed by atoms with Crippen LogP contribution in [0.3, 0.4) is 0 Å². The number of unbranched alkanes of at least 4 members (excludes halogenated alkanes) is 1. The molecule has 0 aliphatic carbocycles. The number of carbonyl (C=O) groups excluding carboxylic acids is 4. The molecule has 0 fully saturated rings. The number of nitrogens with two attached hydrogens (primary N) is 1. The van der Waals surface area contributed by atoms with Crippen molar-refractivity contribution >= 4 is 29.6 Å². The molecule has 0 saturated carbocycles. The monoisotopic (exact) mass is 581 g/mol. The Morgan fingerprint density at radius 3 is 1.98 bits per heavy atom. The fraction of sp³-hybridized carbons (Fsp3) is 0.593. The predicted octanol–water partition coefficient (Wildman–Crippen LogP) is -0.299. The number of aliphatic hydroxyl groups is 1. The Morgan fingerprint density at radius 1 is 0.829 bits per heavy atom. The summed E-state index contributed by atoms with van der Waals surface area (Å²) in [5, 5.41) is 49.1. The number of phenols is 2. The molecule has 230 valence electrons. The van der Waals surface area contributed by atoms with Crippen molar-refractivity contribution in [1.82, 2.24) is 21.3 Å². The van der Waals surface area contributed by atoms with E-state index in [0.717, 1.165) is 12.1 Å². The van der Waals surface area contributed by atoms with Crippen LogP contribution in [0, 0.1) is 5.92 Å². The zero-order valence-corrected chi connectivity index (χ0v) is 23.8. The Balaban J connectivity index is 3.15. The van der Waals surface area contributed by atoms with Crippen LogP contribution in [0.15, 0.2) is 18.2 Å². The number of phenolic OH excluding ortho intramolecular Hbond substituents is 2. The van der Waals surface area contributed by atoms with Gasteiger partial charge in [0.25, 0.3) is 5.91 Å². The van der Waals surface area contributed by atoms with E-state index in [1.54, 1.807) is 20.8 Å². The summed E-state index contributed by atoms with van der Waals surface area (Å²) in [6.45, 7) is 6.63. The number of amides is 4. The molecule has 0 aliphatic rings. The summed E-state index contributed by atoms with van der Waals surface area (Å²) in [6, 6.07) is -1.75. The number of hydrogen-bond acceptors (Lipinski definition) is 9. The van der Waals surface area contributed by atoms with Crippen LogP contribution < -0.4 is 27.0 Å².